The van der Waals surface area contributed by atoms with E-state index in [1.165, 1.54) is 76.2 Å². The van der Waals surface area contributed by atoms with E-state index in [1.54, 1.807) is 0 Å². The van der Waals surface area contributed by atoms with Crippen LogP contribution < -0.4 is 15.0 Å². The second-order valence-corrected chi connectivity index (χ2v) is 19.9. The summed E-state index contributed by atoms with van der Waals surface area (Å²) < 4.78 is 6.50. The van der Waals surface area contributed by atoms with Crippen LogP contribution in [0.3, 0.4) is 0 Å². The van der Waals surface area contributed by atoms with E-state index in [0.717, 1.165) is 92.7 Å². The standard InChI is InChI=1S/C55H94N4O2/c1-14-23-26-42(18-5)39-59(40-43(19-6)27-24-15-2)51-37-49(56-53(60)44(20-7)28-25-16-3)50(38-52(51)61-22-9)58-57-48-35-33-47(34-36-48)55(13,21-8)54(11,12)46-31-29-45(30-32-46)41(10)17-4/h33-38,41-46H,14-32,39-40H2,1-13H3,(H,56,60). The monoisotopic (exact) mass is 843 g/mol. The van der Waals surface area contributed by atoms with Crippen molar-refractivity contribution in [3.05, 3.63) is 42.0 Å². The quantitative estimate of drug-likeness (QED) is 0.0830. The molecule has 0 aliphatic heterocycles. The highest BCUT2D eigenvalue weighted by Gasteiger charge is 2.47. The van der Waals surface area contributed by atoms with Gasteiger partial charge in [-0.1, -0.05) is 153 Å². The highest BCUT2D eigenvalue weighted by molar-refractivity contribution is 5.96. The highest BCUT2D eigenvalue weighted by Crippen LogP contribution is 2.54. The summed E-state index contributed by atoms with van der Waals surface area (Å²) in [5.74, 6) is 4.43. The molecule has 3 rings (SSSR count). The van der Waals surface area contributed by atoms with Crippen molar-refractivity contribution in [2.45, 2.75) is 211 Å². The molecule has 0 heterocycles. The number of carbonyl (C=O) groups is 1. The molecule has 0 spiro atoms. The molecule has 2 aromatic carbocycles. The molecule has 6 heteroatoms. The number of rotatable bonds is 29. The Balaban J connectivity index is 2.09. The zero-order valence-electron chi connectivity index (χ0n) is 41.9. The van der Waals surface area contributed by atoms with Crippen LogP contribution in [0.4, 0.5) is 22.7 Å². The summed E-state index contributed by atoms with van der Waals surface area (Å²) in [6.45, 7) is 32.8. The van der Waals surface area contributed by atoms with Crippen molar-refractivity contribution in [1.29, 1.82) is 0 Å². The SMILES string of the molecule is CCCCC(CC)CN(CC(CC)CCCC)c1cc(NC(=O)C(CC)CCCC)c(N=Nc2ccc(C(C)(CC)C(C)(C)C3CCC(C(C)CC)CC3)cc2)cc1OCC. The van der Waals surface area contributed by atoms with E-state index in [1.807, 2.05) is 6.07 Å². The minimum absolute atomic E-state index is 0.0380. The number of anilines is 2. The van der Waals surface area contributed by atoms with Gasteiger partial charge in [-0.3, -0.25) is 4.79 Å². The summed E-state index contributed by atoms with van der Waals surface area (Å²) in [6, 6.07) is 13.1. The zero-order valence-corrected chi connectivity index (χ0v) is 41.9. The molecule has 5 atom stereocenters. The molecule has 1 fully saturated rings. The van der Waals surface area contributed by atoms with Gasteiger partial charge in [-0.15, -0.1) is 5.11 Å². The third kappa shape index (κ3) is 14.6. The first-order valence-electron chi connectivity index (χ1n) is 25.7. The van der Waals surface area contributed by atoms with Gasteiger partial charge in [0.1, 0.15) is 11.4 Å². The van der Waals surface area contributed by atoms with E-state index >= 15 is 0 Å². The lowest BCUT2D eigenvalue weighted by Gasteiger charge is -2.51. The molecule has 1 aliphatic carbocycles. The van der Waals surface area contributed by atoms with Gasteiger partial charge in [0, 0.05) is 25.1 Å². The maximum Gasteiger partial charge on any atom is 0.227 e. The molecule has 346 valence electrons. The average molecular weight is 843 g/mol. The second kappa shape index (κ2) is 26.7. The van der Waals surface area contributed by atoms with E-state index in [-0.39, 0.29) is 22.7 Å². The Morgan fingerprint density at radius 2 is 1.33 bits per heavy atom. The van der Waals surface area contributed by atoms with Crippen LogP contribution >= 0.6 is 0 Å². The number of carbonyl (C=O) groups excluding carboxylic acids is 1. The summed E-state index contributed by atoms with van der Waals surface area (Å²) in [5.41, 5.74) is 4.81. The minimum atomic E-state index is -0.0486. The van der Waals surface area contributed by atoms with Gasteiger partial charge >= 0.3 is 0 Å². The van der Waals surface area contributed by atoms with Crippen LogP contribution in [0, 0.1) is 40.9 Å². The minimum Gasteiger partial charge on any atom is -0.492 e. The Kier molecular flexibility index (Phi) is 22.9. The smallest absolute Gasteiger partial charge is 0.227 e. The predicted octanol–water partition coefficient (Wildman–Crippen LogP) is 17.4. The van der Waals surface area contributed by atoms with Crippen molar-refractivity contribution >= 4 is 28.7 Å². The van der Waals surface area contributed by atoms with Gasteiger partial charge in [0.15, 0.2) is 0 Å². The van der Waals surface area contributed by atoms with Gasteiger partial charge in [-0.25, -0.2) is 0 Å². The predicted molar refractivity (Wildman–Crippen MR) is 265 cm³/mol. The summed E-state index contributed by atoms with van der Waals surface area (Å²) in [4.78, 5) is 16.6. The van der Waals surface area contributed by atoms with E-state index < -0.39 is 0 Å². The first-order valence-corrected chi connectivity index (χ1v) is 25.7. The molecule has 6 nitrogen and oxygen atoms in total. The molecule has 1 aliphatic rings. The first kappa shape index (κ1) is 52.5. The van der Waals surface area contributed by atoms with Crippen LogP contribution in [0.5, 0.6) is 5.75 Å². The topological polar surface area (TPSA) is 66.3 Å². The normalized spacial score (nSPS) is 19.0. The molecule has 61 heavy (non-hydrogen) atoms. The zero-order chi connectivity index (χ0) is 45.0. The lowest BCUT2D eigenvalue weighted by atomic mass is 9.53. The third-order valence-electron chi connectivity index (χ3n) is 15.9. The van der Waals surface area contributed by atoms with Gasteiger partial charge in [-0.05, 0) is 129 Å². The molecule has 5 unspecified atom stereocenters. The first-order chi connectivity index (χ1) is 29.3. The number of unbranched alkanes of at least 4 members (excludes halogenated alkanes) is 3. The Morgan fingerprint density at radius 3 is 1.82 bits per heavy atom. The van der Waals surface area contributed by atoms with E-state index in [0.29, 0.717) is 30.0 Å². The third-order valence-corrected chi connectivity index (χ3v) is 15.9. The molecule has 0 radical (unpaired) electrons. The number of nitrogens with one attached hydrogen (secondary N) is 1. The molecular formula is C55H94N4O2. The highest BCUT2D eigenvalue weighted by atomic mass is 16.5. The van der Waals surface area contributed by atoms with Gasteiger partial charge in [0.25, 0.3) is 0 Å². The fraction of sp³-hybridized carbons (Fsp3) is 0.764. The largest absolute Gasteiger partial charge is 0.492 e. The van der Waals surface area contributed by atoms with Crippen LogP contribution in [0.2, 0.25) is 0 Å². The van der Waals surface area contributed by atoms with Crippen LogP contribution in [-0.4, -0.2) is 25.6 Å². The lowest BCUT2D eigenvalue weighted by Crippen LogP contribution is -2.45. The molecule has 0 saturated heterocycles. The summed E-state index contributed by atoms with van der Waals surface area (Å²) in [6.07, 6.45) is 21.2. The molecule has 0 aromatic heterocycles. The molecule has 2 aromatic rings. The van der Waals surface area contributed by atoms with Crippen LogP contribution in [-0.2, 0) is 10.2 Å². The number of hydrogen-bond donors (Lipinski definition) is 1. The molecular weight excluding hydrogens is 749 g/mol. The number of hydrogen-bond acceptors (Lipinski definition) is 5. The lowest BCUT2D eigenvalue weighted by molar-refractivity contribution is -0.120. The summed E-state index contributed by atoms with van der Waals surface area (Å²) in [5, 5.41) is 13.2. The number of benzene rings is 2. The second-order valence-electron chi connectivity index (χ2n) is 19.9. The van der Waals surface area contributed by atoms with Gasteiger partial charge < -0.3 is 15.0 Å². The Bertz CT molecular complexity index is 1540. The number of ether oxygens (including phenoxy) is 1. The molecule has 1 N–H and O–H groups in total. The molecule has 1 amide bonds. The fourth-order valence-corrected chi connectivity index (χ4v) is 10.4. The fourth-order valence-electron chi connectivity index (χ4n) is 10.4. The Hall–Kier alpha value is -2.89. The van der Waals surface area contributed by atoms with Crippen molar-refractivity contribution in [3.8, 4) is 5.75 Å². The van der Waals surface area contributed by atoms with E-state index in [9.17, 15) is 4.79 Å². The summed E-state index contributed by atoms with van der Waals surface area (Å²) in [7, 11) is 0. The van der Waals surface area contributed by atoms with Gasteiger partial charge in [0.2, 0.25) is 5.91 Å². The van der Waals surface area contributed by atoms with Crippen molar-refractivity contribution < 1.29 is 9.53 Å². The van der Waals surface area contributed by atoms with Crippen LogP contribution in [0.1, 0.15) is 211 Å². The average Bonchev–Trinajstić information content (AvgIpc) is 3.28. The maximum atomic E-state index is 14.0. The van der Waals surface area contributed by atoms with Crippen molar-refractivity contribution in [3.63, 3.8) is 0 Å². The Labute approximate surface area is 376 Å². The molecule has 0 bridgehead atoms. The molecule has 1 saturated carbocycles. The Morgan fingerprint density at radius 1 is 0.754 bits per heavy atom. The van der Waals surface area contributed by atoms with E-state index in [2.05, 4.69) is 131 Å². The number of azo groups is 1. The number of amides is 1. The number of nitrogens with zero attached hydrogens (tertiary/aromatic N) is 3. The van der Waals surface area contributed by atoms with Crippen molar-refractivity contribution in [1.82, 2.24) is 0 Å². The van der Waals surface area contributed by atoms with Crippen molar-refractivity contribution in [2.24, 2.45) is 51.2 Å². The maximum absolute atomic E-state index is 14.0. The van der Waals surface area contributed by atoms with Gasteiger partial charge in [-0.2, -0.15) is 5.11 Å². The van der Waals surface area contributed by atoms with Gasteiger partial charge in [0.05, 0.1) is 23.7 Å². The summed E-state index contributed by atoms with van der Waals surface area (Å²) >= 11 is 0. The van der Waals surface area contributed by atoms with Crippen LogP contribution in [0.15, 0.2) is 46.6 Å². The van der Waals surface area contributed by atoms with Crippen molar-refractivity contribution in [2.75, 3.05) is 29.9 Å². The van der Waals surface area contributed by atoms with Crippen LogP contribution in [0.25, 0.3) is 0 Å². The van der Waals surface area contributed by atoms with E-state index in [4.69, 9.17) is 15.0 Å².